The Morgan fingerprint density at radius 2 is 1.82 bits per heavy atom. The first-order valence-corrected chi connectivity index (χ1v) is 5.74. The molecule has 0 saturated heterocycles. The van der Waals surface area contributed by atoms with Gasteiger partial charge in [-0.1, -0.05) is 0 Å². The Hall–Kier alpha value is -1.88. The van der Waals surface area contributed by atoms with Crippen LogP contribution < -0.4 is 5.32 Å². The number of nitrogens with one attached hydrogen (secondary N) is 1. The summed E-state index contributed by atoms with van der Waals surface area (Å²) in [6, 6.07) is 4.38. The normalized spacial score (nSPS) is 14.8. The molecule has 86 valence electrons. The molecular weight excluding hydrogens is 214 g/mol. The zero-order valence-corrected chi connectivity index (χ0v) is 9.37. The third-order valence-electron chi connectivity index (χ3n) is 2.63. The molecule has 0 aliphatic heterocycles. The number of rotatable bonds is 4. The SMILES string of the molecule is c1cnc(-c2nccc(CNC3CC3)n2)nc1. The van der Waals surface area contributed by atoms with E-state index in [0.29, 0.717) is 17.7 Å². The third kappa shape index (κ3) is 2.62. The topological polar surface area (TPSA) is 63.6 Å². The van der Waals surface area contributed by atoms with Crippen molar-refractivity contribution >= 4 is 0 Å². The quantitative estimate of drug-likeness (QED) is 0.849. The predicted octanol–water partition coefficient (Wildman–Crippen LogP) is 1.19. The van der Waals surface area contributed by atoms with Crippen LogP contribution >= 0.6 is 0 Å². The lowest BCUT2D eigenvalue weighted by atomic mass is 10.3. The van der Waals surface area contributed by atoms with Crippen molar-refractivity contribution in [3.8, 4) is 11.6 Å². The van der Waals surface area contributed by atoms with Gasteiger partial charge in [-0.2, -0.15) is 0 Å². The molecule has 0 aromatic carbocycles. The fourth-order valence-electron chi connectivity index (χ4n) is 1.55. The molecule has 0 atom stereocenters. The van der Waals surface area contributed by atoms with Crippen LogP contribution in [0.4, 0.5) is 0 Å². The zero-order valence-electron chi connectivity index (χ0n) is 9.37. The molecule has 0 radical (unpaired) electrons. The van der Waals surface area contributed by atoms with E-state index in [1.165, 1.54) is 12.8 Å². The molecule has 1 N–H and O–H groups in total. The van der Waals surface area contributed by atoms with E-state index < -0.39 is 0 Å². The first kappa shape index (κ1) is 10.3. The molecule has 17 heavy (non-hydrogen) atoms. The van der Waals surface area contributed by atoms with E-state index in [0.717, 1.165) is 12.2 Å². The predicted molar refractivity (Wildman–Crippen MR) is 62.9 cm³/mol. The molecule has 1 aliphatic carbocycles. The Kier molecular flexibility index (Phi) is 2.75. The van der Waals surface area contributed by atoms with E-state index in [-0.39, 0.29) is 0 Å². The fourth-order valence-corrected chi connectivity index (χ4v) is 1.55. The highest BCUT2D eigenvalue weighted by molar-refractivity contribution is 5.41. The maximum absolute atomic E-state index is 4.44. The Morgan fingerprint density at radius 1 is 1.06 bits per heavy atom. The highest BCUT2D eigenvalue weighted by Crippen LogP contribution is 2.19. The summed E-state index contributed by atoms with van der Waals surface area (Å²) in [6.07, 6.45) is 7.70. The minimum atomic E-state index is 0.570. The third-order valence-corrected chi connectivity index (χ3v) is 2.63. The molecule has 1 fully saturated rings. The molecular formula is C12H13N5. The summed E-state index contributed by atoms with van der Waals surface area (Å²) in [7, 11) is 0. The van der Waals surface area contributed by atoms with Gasteiger partial charge in [0.25, 0.3) is 0 Å². The minimum Gasteiger partial charge on any atom is -0.308 e. The summed E-state index contributed by atoms with van der Waals surface area (Å²) in [5, 5.41) is 3.42. The van der Waals surface area contributed by atoms with Crippen LogP contribution in [-0.4, -0.2) is 26.0 Å². The summed E-state index contributed by atoms with van der Waals surface area (Å²) in [6.45, 7) is 0.785. The van der Waals surface area contributed by atoms with Crippen molar-refractivity contribution in [1.29, 1.82) is 0 Å². The van der Waals surface area contributed by atoms with Crippen molar-refractivity contribution in [2.75, 3.05) is 0 Å². The van der Waals surface area contributed by atoms with Gasteiger partial charge in [0.15, 0.2) is 11.6 Å². The fraction of sp³-hybridized carbons (Fsp3) is 0.333. The minimum absolute atomic E-state index is 0.570. The van der Waals surface area contributed by atoms with Crippen molar-refractivity contribution in [3.05, 3.63) is 36.4 Å². The van der Waals surface area contributed by atoms with Crippen LogP contribution in [0.1, 0.15) is 18.5 Å². The average molecular weight is 227 g/mol. The summed E-state index contributed by atoms with van der Waals surface area (Å²) in [5.74, 6) is 1.15. The Labute approximate surface area is 99.4 Å². The number of hydrogen-bond acceptors (Lipinski definition) is 5. The molecule has 2 aromatic rings. The summed E-state index contributed by atoms with van der Waals surface area (Å²) < 4.78 is 0. The molecule has 3 rings (SSSR count). The van der Waals surface area contributed by atoms with Crippen molar-refractivity contribution in [3.63, 3.8) is 0 Å². The largest absolute Gasteiger partial charge is 0.308 e. The van der Waals surface area contributed by atoms with Gasteiger partial charge in [0.1, 0.15) is 0 Å². The van der Waals surface area contributed by atoms with E-state index >= 15 is 0 Å². The van der Waals surface area contributed by atoms with E-state index in [1.807, 2.05) is 6.07 Å². The molecule has 2 heterocycles. The van der Waals surface area contributed by atoms with E-state index in [2.05, 4.69) is 25.3 Å². The van der Waals surface area contributed by atoms with E-state index in [9.17, 15) is 0 Å². The van der Waals surface area contributed by atoms with Gasteiger partial charge in [-0.05, 0) is 25.0 Å². The van der Waals surface area contributed by atoms with Gasteiger partial charge in [-0.15, -0.1) is 0 Å². The van der Waals surface area contributed by atoms with Gasteiger partial charge in [-0.25, -0.2) is 19.9 Å². The molecule has 0 bridgehead atoms. The molecule has 2 aromatic heterocycles. The monoisotopic (exact) mass is 227 g/mol. The van der Waals surface area contributed by atoms with E-state index in [1.54, 1.807) is 24.7 Å². The van der Waals surface area contributed by atoms with Crippen LogP contribution in [-0.2, 0) is 6.54 Å². The number of aromatic nitrogens is 4. The standard InChI is InChI=1S/C12H13N5/c1-5-13-11(14-6-1)12-15-7-4-10(17-12)8-16-9-2-3-9/h1,4-7,9,16H,2-3,8H2. The van der Waals surface area contributed by atoms with Crippen molar-refractivity contribution in [2.24, 2.45) is 0 Å². The number of hydrogen-bond donors (Lipinski definition) is 1. The van der Waals surface area contributed by atoms with Crippen molar-refractivity contribution < 1.29 is 0 Å². The van der Waals surface area contributed by atoms with Crippen molar-refractivity contribution in [1.82, 2.24) is 25.3 Å². The maximum Gasteiger partial charge on any atom is 0.197 e. The molecule has 1 aliphatic rings. The lowest BCUT2D eigenvalue weighted by Crippen LogP contribution is -2.16. The van der Waals surface area contributed by atoms with Crippen LogP contribution in [0.5, 0.6) is 0 Å². The Bertz CT molecular complexity index is 495. The molecule has 0 amide bonds. The molecule has 1 saturated carbocycles. The smallest absolute Gasteiger partial charge is 0.197 e. The van der Waals surface area contributed by atoms with Crippen LogP contribution in [0.25, 0.3) is 11.6 Å². The zero-order chi connectivity index (χ0) is 11.5. The highest BCUT2D eigenvalue weighted by Gasteiger charge is 2.20. The molecule has 0 spiro atoms. The molecule has 5 heteroatoms. The maximum atomic E-state index is 4.44. The Balaban J connectivity index is 1.78. The van der Waals surface area contributed by atoms with Gasteiger partial charge >= 0.3 is 0 Å². The second-order valence-electron chi connectivity index (χ2n) is 4.10. The summed E-state index contributed by atoms with van der Waals surface area (Å²) in [5.41, 5.74) is 0.981. The van der Waals surface area contributed by atoms with Crippen LogP contribution in [0, 0.1) is 0 Å². The van der Waals surface area contributed by atoms with Gasteiger partial charge < -0.3 is 5.32 Å². The summed E-state index contributed by atoms with van der Waals surface area (Å²) in [4.78, 5) is 16.9. The first-order chi connectivity index (χ1) is 8.42. The average Bonchev–Trinajstić information content (AvgIpc) is 3.22. The highest BCUT2D eigenvalue weighted by atomic mass is 15.0. The first-order valence-electron chi connectivity index (χ1n) is 5.74. The lowest BCUT2D eigenvalue weighted by molar-refractivity contribution is 0.673. The number of nitrogens with zero attached hydrogens (tertiary/aromatic N) is 4. The Morgan fingerprint density at radius 3 is 2.59 bits per heavy atom. The van der Waals surface area contributed by atoms with Gasteiger partial charge in [0.05, 0.1) is 5.69 Å². The van der Waals surface area contributed by atoms with E-state index in [4.69, 9.17) is 0 Å². The summed E-state index contributed by atoms with van der Waals surface area (Å²) >= 11 is 0. The van der Waals surface area contributed by atoms with Crippen LogP contribution in [0.15, 0.2) is 30.7 Å². The lowest BCUT2D eigenvalue weighted by Gasteiger charge is -2.03. The second kappa shape index (κ2) is 4.55. The second-order valence-corrected chi connectivity index (χ2v) is 4.10. The van der Waals surface area contributed by atoms with Crippen LogP contribution in [0.2, 0.25) is 0 Å². The van der Waals surface area contributed by atoms with Crippen molar-refractivity contribution in [2.45, 2.75) is 25.4 Å². The molecule has 0 unspecified atom stereocenters. The van der Waals surface area contributed by atoms with Gasteiger partial charge in [0, 0.05) is 31.2 Å². The van der Waals surface area contributed by atoms with Crippen LogP contribution in [0.3, 0.4) is 0 Å². The van der Waals surface area contributed by atoms with Gasteiger partial charge in [-0.3, -0.25) is 0 Å². The van der Waals surface area contributed by atoms with Gasteiger partial charge in [0.2, 0.25) is 0 Å². The molecule has 5 nitrogen and oxygen atoms in total.